The molecule has 1 aliphatic heterocycles. The van der Waals surface area contributed by atoms with Crippen molar-refractivity contribution in [3.8, 4) is 5.75 Å². The van der Waals surface area contributed by atoms with Gasteiger partial charge in [0.15, 0.2) is 0 Å². The molecule has 146 valence electrons. The first-order valence-electron chi connectivity index (χ1n) is 8.68. The lowest BCUT2D eigenvalue weighted by Gasteiger charge is -2.36. The lowest BCUT2D eigenvalue weighted by molar-refractivity contribution is 0.312. The third-order valence-corrected chi connectivity index (χ3v) is 7.02. The van der Waals surface area contributed by atoms with E-state index in [0.717, 1.165) is 11.5 Å². The molecule has 2 aromatic rings. The maximum Gasteiger partial charge on any atom is 0.246 e. The number of halogens is 1. The van der Waals surface area contributed by atoms with Gasteiger partial charge in [0.05, 0.1) is 7.11 Å². The summed E-state index contributed by atoms with van der Waals surface area (Å²) in [5.41, 5.74) is 0.903. The van der Waals surface area contributed by atoms with E-state index in [-0.39, 0.29) is 10.9 Å². The van der Waals surface area contributed by atoms with Crippen LogP contribution in [-0.4, -0.2) is 56.0 Å². The number of aryl methyl sites for hydroxylation is 1. The third kappa shape index (κ3) is 4.17. The van der Waals surface area contributed by atoms with E-state index in [9.17, 15) is 8.42 Å². The molecule has 0 aliphatic carbocycles. The van der Waals surface area contributed by atoms with E-state index in [1.165, 1.54) is 17.5 Å². The van der Waals surface area contributed by atoms with Crippen molar-refractivity contribution in [2.75, 3.05) is 32.1 Å². The Labute approximate surface area is 165 Å². The number of aromatic nitrogens is 2. The van der Waals surface area contributed by atoms with Gasteiger partial charge in [0.25, 0.3) is 0 Å². The lowest BCUT2D eigenvalue weighted by atomic mass is 10.1. The summed E-state index contributed by atoms with van der Waals surface area (Å²) in [6.07, 6.45) is 2.97. The van der Waals surface area contributed by atoms with E-state index in [1.54, 1.807) is 18.5 Å². The minimum absolute atomic E-state index is 0.107. The van der Waals surface area contributed by atoms with Gasteiger partial charge in [0.2, 0.25) is 10.0 Å². The maximum absolute atomic E-state index is 13.1. The highest BCUT2D eigenvalue weighted by molar-refractivity contribution is 7.89. The highest BCUT2D eigenvalue weighted by atomic mass is 35.5. The molecule has 1 aliphatic rings. The van der Waals surface area contributed by atoms with Crippen LogP contribution >= 0.6 is 11.6 Å². The van der Waals surface area contributed by atoms with Gasteiger partial charge >= 0.3 is 0 Å². The van der Waals surface area contributed by atoms with Gasteiger partial charge in [-0.1, -0.05) is 11.6 Å². The standard InChI is InChI=1S/C18H23ClN4O3S/c1-13-10-18(21-12-20-13)22(2)15-6-8-23(9-7-15)27(24,25)17-11-14(19)4-5-16(17)26-3/h4-5,10-12,15H,6-9H2,1-3H3. The summed E-state index contributed by atoms with van der Waals surface area (Å²) in [6, 6.07) is 6.78. The predicted molar refractivity (Wildman–Crippen MR) is 105 cm³/mol. The summed E-state index contributed by atoms with van der Waals surface area (Å²) in [5.74, 6) is 1.15. The average Bonchev–Trinajstić information content (AvgIpc) is 2.67. The molecule has 0 unspecified atom stereocenters. The van der Waals surface area contributed by atoms with Crippen LogP contribution in [0.25, 0.3) is 0 Å². The third-order valence-electron chi connectivity index (χ3n) is 4.87. The normalized spacial score (nSPS) is 16.3. The molecule has 1 aromatic carbocycles. The first-order chi connectivity index (χ1) is 12.8. The van der Waals surface area contributed by atoms with Crippen molar-refractivity contribution in [3.05, 3.63) is 41.3 Å². The van der Waals surface area contributed by atoms with Crippen LogP contribution in [0, 0.1) is 6.92 Å². The van der Waals surface area contributed by atoms with Gasteiger partial charge in [0, 0.05) is 43.0 Å². The fourth-order valence-electron chi connectivity index (χ4n) is 3.28. The predicted octanol–water partition coefficient (Wildman–Crippen LogP) is 2.74. The zero-order valence-electron chi connectivity index (χ0n) is 15.6. The molecule has 9 heteroatoms. The van der Waals surface area contributed by atoms with Crippen LogP contribution in [0.3, 0.4) is 0 Å². The van der Waals surface area contributed by atoms with Gasteiger partial charge in [-0.05, 0) is 38.0 Å². The molecule has 0 spiro atoms. The molecule has 0 radical (unpaired) electrons. The summed E-state index contributed by atoms with van der Waals surface area (Å²) in [5, 5.41) is 0.364. The molecule has 27 heavy (non-hydrogen) atoms. The Balaban J connectivity index is 1.74. The van der Waals surface area contributed by atoms with Gasteiger partial charge in [-0.3, -0.25) is 0 Å². The molecule has 0 atom stereocenters. The Morgan fingerprint density at radius 1 is 1.22 bits per heavy atom. The number of rotatable bonds is 5. The number of methoxy groups -OCH3 is 1. The van der Waals surface area contributed by atoms with E-state index in [1.807, 2.05) is 20.0 Å². The van der Waals surface area contributed by atoms with Crippen LogP contribution in [0.5, 0.6) is 5.75 Å². The van der Waals surface area contributed by atoms with Crippen molar-refractivity contribution < 1.29 is 13.2 Å². The highest BCUT2D eigenvalue weighted by Crippen LogP contribution is 2.31. The summed E-state index contributed by atoms with van der Waals surface area (Å²) in [4.78, 5) is 10.6. The largest absolute Gasteiger partial charge is 0.495 e. The monoisotopic (exact) mass is 410 g/mol. The van der Waals surface area contributed by atoms with Crippen molar-refractivity contribution in [2.45, 2.75) is 30.7 Å². The van der Waals surface area contributed by atoms with Crippen molar-refractivity contribution in [1.29, 1.82) is 0 Å². The van der Waals surface area contributed by atoms with E-state index >= 15 is 0 Å². The molecule has 2 heterocycles. The van der Waals surface area contributed by atoms with Gasteiger partial charge in [-0.2, -0.15) is 4.31 Å². The fraction of sp³-hybridized carbons (Fsp3) is 0.444. The fourth-order valence-corrected chi connectivity index (χ4v) is 5.17. The van der Waals surface area contributed by atoms with Crippen molar-refractivity contribution in [2.24, 2.45) is 0 Å². The smallest absolute Gasteiger partial charge is 0.246 e. The summed E-state index contributed by atoms with van der Waals surface area (Å²) < 4.78 is 32.8. The highest BCUT2D eigenvalue weighted by Gasteiger charge is 2.33. The number of benzene rings is 1. The van der Waals surface area contributed by atoms with Crippen LogP contribution in [0.2, 0.25) is 5.02 Å². The second kappa shape index (κ2) is 8.00. The second-order valence-electron chi connectivity index (χ2n) is 6.56. The summed E-state index contributed by atoms with van der Waals surface area (Å²) in [6.45, 7) is 2.78. The number of nitrogens with zero attached hydrogens (tertiary/aromatic N) is 4. The molecule has 0 bridgehead atoms. The Morgan fingerprint density at radius 2 is 1.93 bits per heavy atom. The van der Waals surface area contributed by atoms with Crippen molar-refractivity contribution in [3.63, 3.8) is 0 Å². The zero-order chi connectivity index (χ0) is 19.6. The summed E-state index contributed by atoms with van der Waals surface area (Å²) in [7, 11) is -0.234. The van der Waals surface area contributed by atoms with Crippen LogP contribution in [0.1, 0.15) is 18.5 Å². The molecule has 3 rings (SSSR count). The van der Waals surface area contributed by atoms with Gasteiger partial charge in [-0.15, -0.1) is 0 Å². The van der Waals surface area contributed by atoms with Crippen LogP contribution < -0.4 is 9.64 Å². The lowest BCUT2D eigenvalue weighted by Crippen LogP contribution is -2.45. The Hall–Kier alpha value is -1.90. The molecule has 0 N–H and O–H groups in total. The van der Waals surface area contributed by atoms with Crippen molar-refractivity contribution in [1.82, 2.24) is 14.3 Å². The van der Waals surface area contributed by atoms with E-state index in [2.05, 4.69) is 14.9 Å². The van der Waals surface area contributed by atoms with Crippen LogP contribution in [-0.2, 0) is 10.0 Å². The molecule has 0 amide bonds. The van der Waals surface area contributed by atoms with E-state index in [4.69, 9.17) is 16.3 Å². The maximum atomic E-state index is 13.1. The van der Waals surface area contributed by atoms with E-state index in [0.29, 0.717) is 36.7 Å². The molecular weight excluding hydrogens is 388 g/mol. The molecule has 1 fully saturated rings. The molecule has 0 saturated carbocycles. The summed E-state index contributed by atoms with van der Waals surface area (Å²) >= 11 is 6.01. The average molecular weight is 411 g/mol. The Morgan fingerprint density at radius 3 is 2.56 bits per heavy atom. The molecule has 1 saturated heterocycles. The minimum atomic E-state index is -3.67. The first-order valence-corrected chi connectivity index (χ1v) is 10.5. The van der Waals surface area contributed by atoms with Gasteiger partial charge in [0.1, 0.15) is 22.8 Å². The quantitative estimate of drug-likeness (QED) is 0.754. The Bertz CT molecular complexity index is 915. The number of piperidine rings is 1. The first kappa shape index (κ1) is 19.9. The number of anilines is 1. The number of sulfonamides is 1. The number of hydrogen-bond acceptors (Lipinski definition) is 6. The molecule has 1 aromatic heterocycles. The minimum Gasteiger partial charge on any atom is -0.495 e. The molecular formula is C18H23ClN4O3S. The van der Waals surface area contributed by atoms with Crippen molar-refractivity contribution >= 4 is 27.4 Å². The topological polar surface area (TPSA) is 75.6 Å². The van der Waals surface area contributed by atoms with Gasteiger partial charge in [-0.25, -0.2) is 18.4 Å². The van der Waals surface area contributed by atoms with Gasteiger partial charge < -0.3 is 9.64 Å². The number of ether oxygens (including phenoxy) is 1. The zero-order valence-corrected chi connectivity index (χ0v) is 17.2. The van der Waals surface area contributed by atoms with Crippen LogP contribution in [0.15, 0.2) is 35.5 Å². The van der Waals surface area contributed by atoms with Crippen LogP contribution in [0.4, 0.5) is 5.82 Å². The molecule has 7 nitrogen and oxygen atoms in total. The SMILES string of the molecule is COc1ccc(Cl)cc1S(=O)(=O)N1CCC(N(C)c2cc(C)ncn2)CC1. The van der Waals surface area contributed by atoms with E-state index < -0.39 is 10.0 Å². The Kier molecular flexibility index (Phi) is 5.88. The second-order valence-corrected chi connectivity index (χ2v) is 8.90. The number of hydrogen-bond donors (Lipinski definition) is 0.